The van der Waals surface area contributed by atoms with Crippen molar-refractivity contribution in [2.45, 2.75) is 0 Å². The van der Waals surface area contributed by atoms with Crippen LogP contribution in [-0.4, -0.2) is 29.4 Å². The Balaban J connectivity index is 1.80. The largest absolute Gasteiger partial charge is 0.486 e. The third-order valence-corrected chi connectivity index (χ3v) is 2.53. The summed E-state index contributed by atoms with van der Waals surface area (Å²) in [4.78, 5) is 11.8. The second-order valence-electron chi connectivity index (χ2n) is 3.81. The van der Waals surface area contributed by atoms with Gasteiger partial charge in [-0.3, -0.25) is 4.79 Å². The highest BCUT2D eigenvalue weighted by Crippen LogP contribution is 2.32. The number of ether oxygens (including phenoxy) is 2. The molecule has 3 N–H and O–H groups in total. The molecule has 1 aromatic carbocycles. The molecule has 0 fully saturated rings. The van der Waals surface area contributed by atoms with E-state index in [1.165, 1.54) is 0 Å². The summed E-state index contributed by atoms with van der Waals surface area (Å²) in [6, 6.07) is 5.07. The molecule has 2 heterocycles. The van der Waals surface area contributed by atoms with Gasteiger partial charge in [-0.2, -0.15) is 0 Å². The van der Waals surface area contributed by atoms with Crippen LogP contribution in [0.1, 0.15) is 10.5 Å². The summed E-state index contributed by atoms with van der Waals surface area (Å²) in [6.07, 6.45) is 0. The highest BCUT2D eigenvalue weighted by molar-refractivity contribution is 6.05. The number of nitrogens with zero attached hydrogens (tertiary/aromatic N) is 2. The number of hydrogen-bond acceptors (Lipinski definition) is 7. The Hall–Kier alpha value is -2.77. The number of nitrogens with two attached hydrogens (primary N) is 1. The molecule has 8 nitrogen and oxygen atoms in total. The van der Waals surface area contributed by atoms with E-state index in [-0.39, 0.29) is 11.5 Å². The van der Waals surface area contributed by atoms with Crippen LogP contribution in [0, 0.1) is 0 Å². The predicted molar refractivity (Wildman–Crippen MR) is 64.1 cm³/mol. The number of fused-ring (bicyclic) bond motifs is 1. The van der Waals surface area contributed by atoms with Gasteiger partial charge in [-0.15, -0.1) is 0 Å². The lowest BCUT2D eigenvalue weighted by Gasteiger charge is -2.18. The van der Waals surface area contributed by atoms with E-state index < -0.39 is 5.91 Å². The van der Waals surface area contributed by atoms with Crippen LogP contribution in [0.3, 0.4) is 0 Å². The number of carbonyl (C=O) groups is 1. The average molecular weight is 262 g/mol. The molecule has 1 aliphatic heterocycles. The molecule has 3 rings (SSSR count). The maximum absolute atomic E-state index is 11.8. The molecule has 0 aliphatic carbocycles. The maximum atomic E-state index is 11.8. The van der Waals surface area contributed by atoms with Crippen LogP contribution in [0.25, 0.3) is 0 Å². The average Bonchev–Trinajstić information content (AvgIpc) is 2.85. The van der Waals surface area contributed by atoms with E-state index in [0.29, 0.717) is 30.4 Å². The number of nitrogen functional groups attached to an aromatic ring is 1. The van der Waals surface area contributed by atoms with Crippen LogP contribution >= 0.6 is 0 Å². The molecule has 8 heteroatoms. The van der Waals surface area contributed by atoms with Crippen LogP contribution < -0.4 is 20.5 Å². The second-order valence-corrected chi connectivity index (χ2v) is 3.81. The Labute approximate surface area is 107 Å². The number of carbonyl (C=O) groups excluding carboxylic acids is 1. The number of rotatable bonds is 2. The molecular weight excluding hydrogens is 252 g/mol. The number of anilines is 2. The summed E-state index contributed by atoms with van der Waals surface area (Å²) in [5.74, 6) is 0.660. The van der Waals surface area contributed by atoms with Crippen molar-refractivity contribution in [2.24, 2.45) is 0 Å². The summed E-state index contributed by atoms with van der Waals surface area (Å²) in [7, 11) is 0. The SMILES string of the molecule is Nc1nonc1C(=O)Nc1ccc2c(c1)OCCO2. The van der Waals surface area contributed by atoms with E-state index in [4.69, 9.17) is 15.2 Å². The number of nitrogens with one attached hydrogen (secondary N) is 1. The second kappa shape index (κ2) is 4.48. The van der Waals surface area contributed by atoms with E-state index in [1.807, 2.05) is 0 Å². The van der Waals surface area contributed by atoms with Crippen molar-refractivity contribution in [3.63, 3.8) is 0 Å². The lowest BCUT2D eigenvalue weighted by molar-refractivity contribution is 0.101. The zero-order chi connectivity index (χ0) is 13.2. The standard InChI is InChI=1S/C11H10N4O4/c12-10-9(14-19-15-10)11(16)13-6-1-2-7-8(5-6)18-4-3-17-7/h1-2,5H,3-4H2,(H2,12,15)(H,13,16). The molecule has 1 aliphatic rings. The zero-order valence-corrected chi connectivity index (χ0v) is 9.75. The normalized spacial score (nSPS) is 13.1. The molecule has 98 valence electrons. The van der Waals surface area contributed by atoms with E-state index in [9.17, 15) is 4.79 Å². The Morgan fingerprint density at radius 1 is 1.21 bits per heavy atom. The topological polar surface area (TPSA) is 112 Å². The Morgan fingerprint density at radius 3 is 2.74 bits per heavy atom. The maximum Gasteiger partial charge on any atom is 0.281 e. The van der Waals surface area contributed by atoms with Crippen LogP contribution in [-0.2, 0) is 0 Å². The van der Waals surface area contributed by atoms with Crippen LogP contribution in [0.4, 0.5) is 11.5 Å². The zero-order valence-electron chi connectivity index (χ0n) is 9.75. The number of hydrogen-bond donors (Lipinski definition) is 2. The molecule has 0 bridgehead atoms. The molecule has 0 saturated carbocycles. The minimum atomic E-state index is -0.504. The molecule has 0 spiro atoms. The van der Waals surface area contributed by atoms with Gasteiger partial charge in [0, 0.05) is 11.8 Å². The minimum Gasteiger partial charge on any atom is -0.486 e. The Kier molecular flexibility index (Phi) is 2.67. The van der Waals surface area contributed by atoms with Crippen LogP contribution in [0.2, 0.25) is 0 Å². The third kappa shape index (κ3) is 2.15. The molecule has 0 unspecified atom stereocenters. The molecule has 2 aromatic rings. The summed E-state index contributed by atoms with van der Waals surface area (Å²) in [6.45, 7) is 0.990. The first-order valence-electron chi connectivity index (χ1n) is 5.53. The number of benzene rings is 1. The predicted octanol–water partition coefficient (Wildman–Crippen LogP) is 0.675. The van der Waals surface area contributed by atoms with Gasteiger partial charge in [-0.25, -0.2) is 4.63 Å². The van der Waals surface area contributed by atoms with Gasteiger partial charge in [0.25, 0.3) is 5.91 Å². The molecule has 0 atom stereocenters. The first kappa shape index (κ1) is 11.3. The monoisotopic (exact) mass is 262 g/mol. The van der Waals surface area contributed by atoms with E-state index in [2.05, 4.69) is 20.3 Å². The first-order valence-corrected chi connectivity index (χ1v) is 5.53. The van der Waals surface area contributed by atoms with Gasteiger partial charge < -0.3 is 20.5 Å². The van der Waals surface area contributed by atoms with Gasteiger partial charge in [0.2, 0.25) is 11.5 Å². The van der Waals surface area contributed by atoms with E-state index >= 15 is 0 Å². The lowest BCUT2D eigenvalue weighted by Crippen LogP contribution is -2.17. The van der Waals surface area contributed by atoms with Crippen LogP contribution in [0.5, 0.6) is 11.5 Å². The molecule has 0 radical (unpaired) electrons. The Morgan fingerprint density at radius 2 is 2.00 bits per heavy atom. The molecule has 1 aromatic heterocycles. The van der Waals surface area contributed by atoms with Crippen molar-refractivity contribution < 1.29 is 18.9 Å². The summed E-state index contributed by atoms with van der Waals surface area (Å²) >= 11 is 0. The van der Waals surface area contributed by atoms with Crippen LogP contribution in [0.15, 0.2) is 22.8 Å². The fourth-order valence-corrected chi connectivity index (χ4v) is 1.66. The molecular formula is C11H10N4O4. The summed E-state index contributed by atoms with van der Waals surface area (Å²) in [5, 5.41) is 9.37. The number of aromatic nitrogens is 2. The van der Waals surface area contributed by atoms with E-state index in [1.54, 1.807) is 18.2 Å². The molecule has 19 heavy (non-hydrogen) atoms. The summed E-state index contributed by atoms with van der Waals surface area (Å²) in [5.41, 5.74) is 5.91. The summed E-state index contributed by atoms with van der Waals surface area (Å²) < 4.78 is 15.2. The van der Waals surface area contributed by atoms with Crippen molar-refractivity contribution in [3.05, 3.63) is 23.9 Å². The van der Waals surface area contributed by atoms with E-state index in [0.717, 1.165) is 0 Å². The highest BCUT2D eigenvalue weighted by atomic mass is 16.6. The first-order chi connectivity index (χ1) is 9.24. The minimum absolute atomic E-state index is 0.0601. The fourth-order valence-electron chi connectivity index (χ4n) is 1.66. The highest BCUT2D eigenvalue weighted by Gasteiger charge is 2.17. The van der Waals surface area contributed by atoms with Gasteiger partial charge in [0.1, 0.15) is 13.2 Å². The van der Waals surface area contributed by atoms with Gasteiger partial charge in [0.05, 0.1) is 0 Å². The Bertz CT molecular complexity index is 625. The van der Waals surface area contributed by atoms with Gasteiger partial charge >= 0.3 is 0 Å². The molecule has 0 saturated heterocycles. The number of amides is 1. The van der Waals surface area contributed by atoms with Gasteiger partial charge in [-0.1, -0.05) is 0 Å². The van der Waals surface area contributed by atoms with Crippen molar-refractivity contribution in [1.82, 2.24) is 10.3 Å². The van der Waals surface area contributed by atoms with Gasteiger partial charge in [-0.05, 0) is 22.4 Å². The quantitative estimate of drug-likeness (QED) is 0.817. The third-order valence-electron chi connectivity index (χ3n) is 2.53. The fraction of sp³-hybridized carbons (Fsp3) is 0.182. The van der Waals surface area contributed by atoms with Gasteiger partial charge in [0.15, 0.2) is 11.5 Å². The smallest absolute Gasteiger partial charge is 0.281 e. The molecule has 1 amide bonds. The van der Waals surface area contributed by atoms with Crippen molar-refractivity contribution in [3.8, 4) is 11.5 Å². The van der Waals surface area contributed by atoms with Crippen molar-refractivity contribution in [1.29, 1.82) is 0 Å². The van der Waals surface area contributed by atoms with Crippen molar-refractivity contribution in [2.75, 3.05) is 24.3 Å². The lowest BCUT2D eigenvalue weighted by atomic mass is 10.2. The van der Waals surface area contributed by atoms with Crippen molar-refractivity contribution >= 4 is 17.4 Å².